The van der Waals surface area contributed by atoms with Gasteiger partial charge in [-0.15, -0.1) is 0 Å². The minimum Gasteiger partial charge on any atom is -1.00 e. The fourth-order valence-electron chi connectivity index (χ4n) is 5.48. The first-order chi connectivity index (χ1) is 32.6. The van der Waals surface area contributed by atoms with E-state index < -0.39 is 23.9 Å². The van der Waals surface area contributed by atoms with Gasteiger partial charge in [-0.25, -0.2) is 9.59 Å². The summed E-state index contributed by atoms with van der Waals surface area (Å²) in [4.78, 5) is 49.7. The van der Waals surface area contributed by atoms with Crippen LogP contribution in [0, 0.1) is 0 Å². The van der Waals surface area contributed by atoms with Gasteiger partial charge >= 0.3 is 53.4 Å². The fourth-order valence-corrected chi connectivity index (χ4v) is 5.48. The predicted molar refractivity (Wildman–Crippen MR) is 288 cm³/mol. The van der Waals surface area contributed by atoms with Crippen molar-refractivity contribution in [2.75, 3.05) is 23.5 Å². The first-order valence-electron chi connectivity index (χ1n) is 23.0. The molecule has 2 rings (SSSR count). The van der Waals surface area contributed by atoms with Gasteiger partial charge in [0.2, 0.25) is 0 Å². The number of benzene rings is 2. The number of ether oxygens (including phenoxy) is 3. The molecular weight excluding hydrogens is 979 g/mol. The maximum Gasteiger partial charge on any atom is 1.00 e. The number of phenols is 1. The summed E-state index contributed by atoms with van der Waals surface area (Å²) in [7, 11) is 1.43. The summed E-state index contributed by atoms with van der Waals surface area (Å²) in [5, 5.41) is 9.69. The molecule has 10 nitrogen and oxygen atoms in total. The van der Waals surface area contributed by atoms with Crippen molar-refractivity contribution in [2.45, 2.75) is 117 Å². The van der Waals surface area contributed by atoms with Crippen LogP contribution in [0.4, 0.5) is 11.4 Å². The molecule has 0 heterocycles. The van der Waals surface area contributed by atoms with Crippen LogP contribution in [0.2, 0.25) is 0 Å². The Morgan fingerprint density at radius 1 is 0.515 bits per heavy atom. The van der Waals surface area contributed by atoms with Crippen molar-refractivity contribution in [2.24, 2.45) is 0 Å². The Kier molecular flexibility index (Phi) is 45.1. The van der Waals surface area contributed by atoms with E-state index in [2.05, 4.69) is 146 Å². The number of aromatic hydroxyl groups is 1. The van der Waals surface area contributed by atoms with Crippen LogP contribution in [0.1, 0.15) is 139 Å². The summed E-state index contributed by atoms with van der Waals surface area (Å²) < 4.78 is 14.8. The average molecular weight is 1060 g/mol. The van der Waals surface area contributed by atoms with Crippen molar-refractivity contribution >= 4 is 57.8 Å². The number of nitrogen functional groups attached to an aromatic ring is 2. The summed E-state index contributed by atoms with van der Waals surface area (Å²) in [5.41, 5.74) is 12.1. The second-order valence-corrected chi connectivity index (χ2v) is 14.5. The van der Waals surface area contributed by atoms with Crippen LogP contribution in [0.15, 0.2) is 158 Å². The molecule has 0 spiro atoms. The summed E-state index contributed by atoms with van der Waals surface area (Å²) in [6.45, 7) is 4.27. The summed E-state index contributed by atoms with van der Waals surface area (Å²) in [5.74, 6) is -2.79. The van der Waals surface area contributed by atoms with Crippen molar-refractivity contribution in [1.82, 2.24) is 0 Å². The topological polar surface area (TPSA) is 168 Å². The Labute approximate surface area is 444 Å². The zero-order chi connectivity index (χ0) is 49.6. The number of alkyl halides is 1. The minimum atomic E-state index is -0.873. The van der Waals surface area contributed by atoms with Crippen molar-refractivity contribution in [3.05, 3.63) is 169 Å². The van der Waals surface area contributed by atoms with Crippen LogP contribution in [0.5, 0.6) is 11.5 Å². The molecule has 0 radical (unpaired) electrons. The Hall–Kier alpha value is -4.95. The first kappa shape index (κ1) is 65.1. The van der Waals surface area contributed by atoms with Crippen molar-refractivity contribution in [3.63, 3.8) is 0 Å². The molecule has 0 aromatic heterocycles. The smallest absolute Gasteiger partial charge is 1.00 e. The van der Waals surface area contributed by atoms with E-state index in [1.54, 1.807) is 6.07 Å². The first-order valence-corrected chi connectivity index (χ1v) is 25.2. The van der Waals surface area contributed by atoms with E-state index in [4.69, 9.17) is 25.7 Å². The zero-order valence-electron chi connectivity index (χ0n) is 42.2. The van der Waals surface area contributed by atoms with Crippen molar-refractivity contribution < 1.29 is 69.5 Å². The summed E-state index contributed by atoms with van der Waals surface area (Å²) in [6, 6.07) is 8.59. The normalized spacial score (nSPS) is 11.7. The van der Waals surface area contributed by atoms with E-state index in [0.29, 0.717) is 24.2 Å². The SMILES string of the molecule is CC/C=C\C/C=C\C/C=C\C/C=C\C/C=C\CCCC(=O)OC(=O)c1ccc(N)cc1O.CC/C=C\C/C=C\C/C=C\C/C=C\C/C=C\CCCC(=O)OC(=O)c1ccc(N)cc1OC.CI.[H-].[Na+]. The van der Waals surface area contributed by atoms with E-state index in [-0.39, 0.29) is 66.5 Å². The molecule has 366 valence electrons. The molecule has 0 unspecified atom stereocenters. The van der Waals surface area contributed by atoms with E-state index in [9.17, 15) is 24.3 Å². The molecule has 0 bridgehead atoms. The molecule has 68 heavy (non-hydrogen) atoms. The molecular formula is C56H76IN2NaO8. The average Bonchev–Trinajstić information content (AvgIpc) is 3.31. The third-order valence-electron chi connectivity index (χ3n) is 8.92. The van der Waals surface area contributed by atoms with E-state index in [0.717, 1.165) is 77.0 Å². The van der Waals surface area contributed by atoms with Gasteiger partial charge in [0.05, 0.1) is 7.11 Å². The molecule has 0 aliphatic heterocycles. The Balaban J connectivity index is -0.00000119. The van der Waals surface area contributed by atoms with E-state index >= 15 is 0 Å². The number of halogens is 1. The third kappa shape index (κ3) is 37.1. The minimum absolute atomic E-state index is 0. The van der Waals surface area contributed by atoms with Gasteiger partial charge in [-0.2, -0.15) is 0 Å². The van der Waals surface area contributed by atoms with Gasteiger partial charge in [0.1, 0.15) is 22.6 Å². The molecule has 0 aliphatic carbocycles. The molecule has 0 amide bonds. The van der Waals surface area contributed by atoms with Gasteiger partial charge in [-0.05, 0) is 119 Å². The van der Waals surface area contributed by atoms with Crippen molar-refractivity contribution in [3.8, 4) is 11.5 Å². The zero-order valence-corrected chi connectivity index (χ0v) is 45.3. The molecule has 12 heteroatoms. The molecule has 0 fully saturated rings. The molecule has 5 N–H and O–H groups in total. The van der Waals surface area contributed by atoms with Crippen LogP contribution in [-0.4, -0.2) is 41.0 Å². The van der Waals surface area contributed by atoms with Gasteiger partial charge < -0.3 is 32.2 Å². The number of phenolic OH excluding ortho intramolecular Hbond substituents is 1. The second-order valence-electron chi connectivity index (χ2n) is 14.5. The maximum absolute atomic E-state index is 12.1. The number of hydrogen-bond acceptors (Lipinski definition) is 10. The number of rotatable bonds is 29. The monoisotopic (exact) mass is 1050 g/mol. The molecule has 0 saturated heterocycles. The van der Waals surface area contributed by atoms with Crippen LogP contribution in [-0.2, 0) is 19.1 Å². The number of allylic oxidation sites excluding steroid dienone is 20. The van der Waals surface area contributed by atoms with E-state index in [1.165, 1.54) is 37.4 Å². The number of carbonyl (C=O) groups excluding carboxylic acids is 4. The molecule has 2 aromatic rings. The summed E-state index contributed by atoms with van der Waals surface area (Å²) in [6.07, 6.45) is 55.4. The Morgan fingerprint density at radius 2 is 0.824 bits per heavy atom. The number of carbonyl (C=O) groups is 4. The van der Waals surface area contributed by atoms with Crippen LogP contribution in [0.3, 0.4) is 0 Å². The van der Waals surface area contributed by atoms with Gasteiger partial charge in [0.15, 0.2) is 0 Å². The standard InChI is InChI=1S/C28H37NO4.C27H35NO4.CH3I.Na.H/c1-3-4-5-6-7-8-9-10-11-12-13-14-15-16-17-18-19-20-27(30)33-28(31)25-22-21-24(29)23-26(25)32-2;1-2-3-4-5-6-7-8-9-10-11-12-13-14-15-16-17-18-19-26(30)32-27(31)24-21-20-23(28)22-25(24)29;1-2;;/h4-5,7-8,10-11,13-14,16-17,21-23H,3,6,9,12,15,18-20,29H2,1-2H3;3-4,6-7,9-10,12-13,15-16,20-22,29H,2,5,8,11,14,17-19,28H2,1H3;1H3;;/q;;;+1;-1/b5-4-,8-7-,11-10-,14-13-,17-16-;4-3-,7-6-,10-9-,13-12-,16-15-;;;. The predicted octanol–water partition coefficient (Wildman–Crippen LogP) is 11.6. The van der Waals surface area contributed by atoms with Crippen LogP contribution >= 0.6 is 22.6 Å². The number of nitrogens with two attached hydrogens (primary N) is 2. The summed E-state index contributed by atoms with van der Waals surface area (Å²) >= 11 is 2.15. The van der Waals surface area contributed by atoms with Crippen LogP contribution < -0.4 is 45.8 Å². The number of anilines is 2. The van der Waals surface area contributed by atoms with Crippen LogP contribution in [0.25, 0.3) is 0 Å². The van der Waals surface area contributed by atoms with Gasteiger partial charge in [-0.1, -0.05) is 158 Å². The van der Waals surface area contributed by atoms with E-state index in [1.807, 2.05) is 17.1 Å². The number of esters is 4. The maximum atomic E-state index is 12.1. The van der Waals surface area contributed by atoms with Crippen molar-refractivity contribution in [1.29, 1.82) is 0 Å². The van der Waals surface area contributed by atoms with Gasteiger partial charge in [0, 0.05) is 36.3 Å². The molecule has 0 saturated carbocycles. The number of methoxy groups -OCH3 is 1. The van der Waals surface area contributed by atoms with Gasteiger partial charge in [0.25, 0.3) is 0 Å². The van der Waals surface area contributed by atoms with Gasteiger partial charge in [-0.3, -0.25) is 9.59 Å². The fraction of sp³-hybridized carbons (Fsp3) is 0.357. The Morgan fingerprint density at radius 3 is 1.16 bits per heavy atom. The molecule has 0 aliphatic rings. The number of hydrogen-bond donors (Lipinski definition) is 3. The third-order valence-corrected chi connectivity index (χ3v) is 8.92. The number of unbranched alkanes of at least 4 members (excludes halogenated alkanes) is 2. The molecule has 0 atom stereocenters. The molecule has 2 aromatic carbocycles. The Bertz CT molecular complexity index is 2020. The quantitative estimate of drug-likeness (QED) is 0.0104. The second kappa shape index (κ2) is 47.1. The largest absolute Gasteiger partial charge is 1.00 e.